The number of anilines is 2. The Morgan fingerprint density at radius 3 is 2.38 bits per heavy atom. The van der Waals surface area contributed by atoms with Gasteiger partial charge in [0.25, 0.3) is 5.92 Å². The number of carbonyl (C=O) groups excluding carboxylic acids is 2. The number of hydrogen-bond acceptors (Lipinski definition) is 3. The van der Waals surface area contributed by atoms with Gasteiger partial charge in [-0.1, -0.05) is 29.8 Å². The summed E-state index contributed by atoms with van der Waals surface area (Å²) in [6, 6.07) is 15.2. The summed E-state index contributed by atoms with van der Waals surface area (Å²) in [5, 5.41) is 0. The maximum atomic E-state index is 13.7. The van der Waals surface area contributed by atoms with Crippen molar-refractivity contribution in [3.63, 3.8) is 0 Å². The first-order valence-corrected chi connectivity index (χ1v) is 11.4. The number of alkyl halides is 2. The van der Waals surface area contributed by atoms with Gasteiger partial charge in [0, 0.05) is 49.6 Å². The zero-order chi connectivity index (χ0) is 22.7. The standard InChI is InChI=1S/C26H30F2N2O2/c1-19-5-7-20(8-6-19)16-24(31)17-21-4-2-15-30(25(21)32)23-11-9-22(10-12-23)29-14-3-13-26(27,28)18-29/h5-12,21H,2-4,13-18H2,1H3/t21-/m0/s1. The van der Waals surface area contributed by atoms with Gasteiger partial charge in [-0.2, -0.15) is 0 Å². The van der Waals surface area contributed by atoms with Gasteiger partial charge >= 0.3 is 0 Å². The molecule has 2 saturated heterocycles. The minimum atomic E-state index is -2.65. The Kier molecular flexibility index (Phi) is 6.58. The smallest absolute Gasteiger partial charge is 0.265 e. The average Bonchev–Trinajstić information content (AvgIpc) is 2.76. The number of amides is 1. The average molecular weight is 441 g/mol. The highest BCUT2D eigenvalue weighted by Gasteiger charge is 2.35. The molecular weight excluding hydrogens is 410 g/mol. The van der Waals surface area contributed by atoms with Crippen LogP contribution in [0.25, 0.3) is 0 Å². The van der Waals surface area contributed by atoms with Crippen LogP contribution < -0.4 is 9.80 Å². The van der Waals surface area contributed by atoms with E-state index in [1.165, 1.54) is 0 Å². The third kappa shape index (κ3) is 5.34. The second kappa shape index (κ2) is 9.39. The minimum absolute atomic E-state index is 0.0224. The lowest BCUT2D eigenvalue weighted by Gasteiger charge is -2.35. The van der Waals surface area contributed by atoms with Crippen LogP contribution in [0.3, 0.4) is 0 Å². The molecule has 2 aliphatic rings. The van der Waals surface area contributed by atoms with Crippen LogP contribution in [-0.4, -0.2) is 37.2 Å². The molecular formula is C26H30F2N2O2. The SMILES string of the molecule is Cc1ccc(CC(=O)C[C@@H]2CCCN(c3ccc(N4CCCC(F)(F)C4)cc3)C2=O)cc1. The Balaban J connectivity index is 1.38. The summed E-state index contributed by atoms with van der Waals surface area (Å²) in [7, 11) is 0. The van der Waals surface area contributed by atoms with Crippen molar-refractivity contribution in [3.8, 4) is 0 Å². The second-order valence-corrected chi connectivity index (χ2v) is 9.13. The Morgan fingerprint density at radius 1 is 1.00 bits per heavy atom. The second-order valence-electron chi connectivity index (χ2n) is 9.13. The van der Waals surface area contributed by atoms with Crippen molar-refractivity contribution in [1.29, 1.82) is 0 Å². The summed E-state index contributed by atoms with van der Waals surface area (Å²) < 4.78 is 27.5. The molecule has 170 valence electrons. The van der Waals surface area contributed by atoms with Crippen LogP contribution in [0.2, 0.25) is 0 Å². The molecule has 32 heavy (non-hydrogen) atoms. The third-order valence-electron chi connectivity index (χ3n) is 6.46. The molecule has 1 atom stereocenters. The van der Waals surface area contributed by atoms with Crippen molar-refractivity contribution < 1.29 is 18.4 Å². The quantitative estimate of drug-likeness (QED) is 0.622. The van der Waals surface area contributed by atoms with E-state index >= 15 is 0 Å². The van der Waals surface area contributed by atoms with E-state index in [0.717, 1.165) is 35.3 Å². The van der Waals surface area contributed by atoms with Crippen LogP contribution in [0.5, 0.6) is 0 Å². The Hall–Kier alpha value is -2.76. The Morgan fingerprint density at radius 2 is 1.69 bits per heavy atom. The maximum absolute atomic E-state index is 13.7. The van der Waals surface area contributed by atoms with Crippen LogP contribution in [0.15, 0.2) is 48.5 Å². The molecule has 2 aromatic rings. The van der Waals surface area contributed by atoms with Gasteiger partial charge in [-0.05, 0) is 56.0 Å². The van der Waals surface area contributed by atoms with Crippen LogP contribution in [-0.2, 0) is 16.0 Å². The largest absolute Gasteiger partial charge is 0.365 e. The highest BCUT2D eigenvalue weighted by molar-refractivity contribution is 5.98. The van der Waals surface area contributed by atoms with Crippen molar-refractivity contribution >= 4 is 23.1 Å². The number of hydrogen-bond donors (Lipinski definition) is 0. The summed E-state index contributed by atoms with van der Waals surface area (Å²) in [5.74, 6) is -2.90. The Bertz CT molecular complexity index is 957. The van der Waals surface area contributed by atoms with Gasteiger partial charge in [0.15, 0.2) is 0 Å². The van der Waals surface area contributed by atoms with E-state index in [2.05, 4.69) is 0 Å². The number of benzene rings is 2. The number of ketones is 1. The number of aryl methyl sites for hydroxylation is 1. The van der Waals surface area contributed by atoms with Crippen molar-refractivity contribution in [1.82, 2.24) is 0 Å². The summed E-state index contributed by atoms with van der Waals surface area (Å²) in [5.41, 5.74) is 3.64. The predicted molar refractivity (Wildman–Crippen MR) is 122 cm³/mol. The van der Waals surface area contributed by atoms with Gasteiger partial charge in [0.05, 0.1) is 6.54 Å². The summed E-state index contributed by atoms with van der Waals surface area (Å²) in [6.07, 6.45) is 2.57. The molecule has 2 heterocycles. The molecule has 6 heteroatoms. The molecule has 0 radical (unpaired) electrons. The van der Waals surface area contributed by atoms with E-state index in [1.54, 1.807) is 9.80 Å². The maximum Gasteiger partial charge on any atom is 0.265 e. The molecule has 0 unspecified atom stereocenters. The van der Waals surface area contributed by atoms with Crippen molar-refractivity contribution in [2.24, 2.45) is 5.92 Å². The predicted octanol–water partition coefficient (Wildman–Crippen LogP) is 5.18. The lowest BCUT2D eigenvalue weighted by atomic mass is 9.90. The highest BCUT2D eigenvalue weighted by Crippen LogP contribution is 2.32. The van der Waals surface area contributed by atoms with Crippen molar-refractivity contribution in [2.45, 2.75) is 51.4 Å². The summed E-state index contributed by atoms with van der Waals surface area (Å²) >= 11 is 0. The number of Topliss-reactive ketones (excluding diaryl/α,β-unsaturated/α-hetero) is 1. The van der Waals surface area contributed by atoms with Gasteiger partial charge < -0.3 is 9.80 Å². The summed E-state index contributed by atoms with van der Waals surface area (Å²) in [4.78, 5) is 29.1. The van der Waals surface area contributed by atoms with E-state index in [-0.39, 0.29) is 37.0 Å². The lowest BCUT2D eigenvalue weighted by molar-refractivity contribution is -0.128. The summed E-state index contributed by atoms with van der Waals surface area (Å²) in [6.45, 7) is 2.97. The fourth-order valence-corrected chi connectivity index (χ4v) is 4.71. The Labute approximate surface area is 188 Å². The van der Waals surface area contributed by atoms with E-state index < -0.39 is 5.92 Å². The van der Waals surface area contributed by atoms with E-state index in [1.807, 2.05) is 55.5 Å². The monoisotopic (exact) mass is 440 g/mol. The molecule has 4 rings (SSSR count). The van der Waals surface area contributed by atoms with Gasteiger partial charge in [0.2, 0.25) is 5.91 Å². The van der Waals surface area contributed by atoms with Gasteiger partial charge in [-0.15, -0.1) is 0 Å². The van der Waals surface area contributed by atoms with Crippen molar-refractivity contribution in [3.05, 3.63) is 59.7 Å². The normalized spacial score (nSPS) is 21.0. The highest BCUT2D eigenvalue weighted by atomic mass is 19.3. The van der Waals surface area contributed by atoms with E-state index in [9.17, 15) is 18.4 Å². The third-order valence-corrected chi connectivity index (χ3v) is 6.46. The molecule has 0 saturated carbocycles. The van der Waals surface area contributed by atoms with E-state index in [0.29, 0.717) is 25.9 Å². The van der Waals surface area contributed by atoms with Crippen LogP contribution in [0, 0.1) is 12.8 Å². The fourth-order valence-electron chi connectivity index (χ4n) is 4.71. The van der Waals surface area contributed by atoms with Crippen LogP contribution in [0.4, 0.5) is 20.2 Å². The molecule has 4 nitrogen and oxygen atoms in total. The number of halogens is 2. The number of piperidine rings is 2. The fraction of sp³-hybridized carbons (Fsp3) is 0.462. The molecule has 2 fully saturated rings. The molecule has 0 spiro atoms. The topological polar surface area (TPSA) is 40.6 Å². The van der Waals surface area contributed by atoms with Gasteiger partial charge in [0.1, 0.15) is 5.78 Å². The molecule has 0 N–H and O–H groups in total. The first-order valence-electron chi connectivity index (χ1n) is 11.4. The van der Waals surface area contributed by atoms with Gasteiger partial charge in [-0.3, -0.25) is 9.59 Å². The molecule has 1 amide bonds. The number of carbonyl (C=O) groups is 2. The van der Waals surface area contributed by atoms with E-state index in [4.69, 9.17) is 0 Å². The number of nitrogens with zero attached hydrogens (tertiary/aromatic N) is 2. The van der Waals surface area contributed by atoms with Crippen LogP contribution >= 0.6 is 0 Å². The molecule has 2 aliphatic heterocycles. The molecule has 0 aromatic heterocycles. The first kappa shape index (κ1) is 22.4. The zero-order valence-electron chi connectivity index (χ0n) is 18.5. The molecule has 0 bridgehead atoms. The zero-order valence-corrected chi connectivity index (χ0v) is 18.5. The molecule has 2 aromatic carbocycles. The minimum Gasteiger partial charge on any atom is -0.365 e. The molecule has 0 aliphatic carbocycles. The van der Waals surface area contributed by atoms with Crippen molar-refractivity contribution in [2.75, 3.05) is 29.4 Å². The number of rotatable bonds is 6. The lowest BCUT2D eigenvalue weighted by Crippen LogP contribution is -2.43. The first-order chi connectivity index (χ1) is 15.3. The van der Waals surface area contributed by atoms with Crippen LogP contribution in [0.1, 0.15) is 43.2 Å². The van der Waals surface area contributed by atoms with Gasteiger partial charge in [-0.25, -0.2) is 8.78 Å².